The first-order valence-corrected chi connectivity index (χ1v) is 8.58. The summed E-state index contributed by atoms with van der Waals surface area (Å²) in [5, 5.41) is 5.37. The third-order valence-electron chi connectivity index (χ3n) is 4.86. The van der Waals surface area contributed by atoms with Crippen LogP contribution < -0.4 is 10.1 Å². The van der Waals surface area contributed by atoms with Gasteiger partial charge in [0.2, 0.25) is 5.91 Å². The summed E-state index contributed by atoms with van der Waals surface area (Å²) in [6.07, 6.45) is 7.00. The number of methoxy groups -OCH3 is 1. The van der Waals surface area contributed by atoms with Crippen LogP contribution in [0.15, 0.2) is 36.4 Å². The molecule has 0 saturated heterocycles. The van der Waals surface area contributed by atoms with Crippen molar-refractivity contribution in [2.75, 3.05) is 7.11 Å². The second-order valence-electron chi connectivity index (χ2n) is 6.51. The van der Waals surface area contributed by atoms with Crippen molar-refractivity contribution in [1.82, 2.24) is 5.32 Å². The number of nitrogens with one attached hydrogen (secondary N) is 1. The molecule has 1 aliphatic carbocycles. The molecule has 3 nitrogen and oxygen atoms in total. The monoisotopic (exact) mass is 311 g/mol. The van der Waals surface area contributed by atoms with E-state index in [0.717, 1.165) is 29.0 Å². The number of ether oxygens (including phenoxy) is 1. The summed E-state index contributed by atoms with van der Waals surface area (Å²) in [4.78, 5) is 12.0. The van der Waals surface area contributed by atoms with Gasteiger partial charge in [-0.05, 0) is 46.9 Å². The molecular formula is C20H25NO2. The number of carbonyl (C=O) groups excluding carboxylic acids is 1. The Labute approximate surface area is 138 Å². The summed E-state index contributed by atoms with van der Waals surface area (Å²) >= 11 is 0. The molecule has 0 bridgehead atoms. The Morgan fingerprint density at radius 2 is 1.87 bits per heavy atom. The Morgan fingerprint density at radius 3 is 2.65 bits per heavy atom. The SMILES string of the molecule is COc1ccc2cc(CNC(=O)CCC3CCCC3)ccc2c1. The fourth-order valence-electron chi connectivity index (χ4n) is 3.43. The lowest BCUT2D eigenvalue weighted by molar-refractivity contribution is -0.121. The molecule has 2 aromatic carbocycles. The molecule has 0 aliphatic heterocycles. The standard InChI is InChI=1S/C20H25NO2/c1-23-19-10-9-17-12-16(6-8-18(17)13-19)14-21-20(22)11-7-15-4-2-3-5-15/h6,8-10,12-13,15H,2-5,7,11,14H2,1H3,(H,21,22). The largest absolute Gasteiger partial charge is 0.497 e. The minimum Gasteiger partial charge on any atom is -0.497 e. The van der Waals surface area contributed by atoms with Crippen LogP contribution in [0.25, 0.3) is 10.8 Å². The van der Waals surface area contributed by atoms with E-state index < -0.39 is 0 Å². The fraction of sp³-hybridized carbons (Fsp3) is 0.450. The molecule has 1 aliphatic rings. The maximum atomic E-state index is 12.0. The van der Waals surface area contributed by atoms with Crippen LogP contribution >= 0.6 is 0 Å². The van der Waals surface area contributed by atoms with Gasteiger partial charge in [0.05, 0.1) is 7.11 Å². The van der Waals surface area contributed by atoms with Crippen molar-refractivity contribution in [2.45, 2.75) is 45.1 Å². The average molecular weight is 311 g/mol. The molecule has 3 rings (SSSR count). The molecule has 0 aromatic heterocycles. The number of carbonyl (C=O) groups is 1. The highest BCUT2D eigenvalue weighted by molar-refractivity contribution is 5.84. The van der Waals surface area contributed by atoms with Crippen molar-refractivity contribution in [3.05, 3.63) is 42.0 Å². The van der Waals surface area contributed by atoms with E-state index >= 15 is 0 Å². The molecule has 1 fully saturated rings. The van der Waals surface area contributed by atoms with E-state index in [1.807, 2.05) is 12.1 Å². The maximum absolute atomic E-state index is 12.0. The molecule has 1 N–H and O–H groups in total. The smallest absolute Gasteiger partial charge is 0.220 e. The van der Waals surface area contributed by atoms with Gasteiger partial charge >= 0.3 is 0 Å². The highest BCUT2D eigenvalue weighted by Crippen LogP contribution is 2.28. The van der Waals surface area contributed by atoms with Gasteiger partial charge in [0, 0.05) is 13.0 Å². The van der Waals surface area contributed by atoms with Crippen LogP contribution in [0.4, 0.5) is 0 Å². The van der Waals surface area contributed by atoms with Crippen LogP contribution in [0.1, 0.15) is 44.1 Å². The zero-order valence-electron chi connectivity index (χ0n) is 13.8. The van der Waals surface area contributed by atoms with Gasteiger partial charge < -0.3 is 10.1 Å². The van der Waals surface area contributed by atoms with Crippen LogP contribution in [0.3, 0.4) is 0 Å². The van der Waals surface area contributed by atoms with Crippen molar-refractivity contribution in [3.63, 3.8) is 0 Å². The number of rotatable bonds is 6. The first kappa shape index (κ1) is 15.9. The van der Waals surface area contributed by atoms with E-state index in [0.29, 0.717) is 13.0 Å². The van der Waals surface area contributed by atoms with Gasteiger partial charge in [-0.3, -0.25) is 4.79 Å². The normalized spacial score (nSPS) is 15.0. The zero-order chi connectivity index (χ0) is 16.1. The number of hydrogen-bond donors (Lipinski definition) is 1. The highest BCUT2D eigenvalue weighted by atomic mass is 16.5. The molecule has 0 radical (unpaired) electrons. The summed E-state index contributed by atoms with van der Waals surface area (Å²) in [5.74, 6) is 1.81. The molecule has 23 heavy (non-hydrogen) atoms. The molecule has 0 heterocycles. The van der Waals surface area contributed by atoms with Gasteiger partial charge in [0.25, 0.3) is 0 Å². The number of benzene rings is 2. The molecule has 3 heteroatoms. The molecule has 1 amide bonds. The minimum absolute atomic E-state index is 0.173. The molecule has 122 valence electrons. The van der Waals surface area contributed by atoms with Gasteiger partial charge in [-0.2, -0.15) is 0 Å². The third kappa shape index (κ3) is 4.25. The van der Waals surface area contributed by atoms with Crippen LogP contribution in [0.5, 0.6) is 5.75 Å². The Morgan fingerprint density at radius 1 is 1.13 bits per heavy atom. The Kier molecular flexibility index (Phi) is 5.16. The summed E-state index contributed by atoms with van der Waals surface area (Å²) in [5.41, 5.74) is 1.14. The summed E-state index contributed by atoms with van der Waals surface area (Å²) in [6.45, 7) is 0.603. The highest BCUT2D eigenvalue weighted by Gasteiger charge is 2.15. The van der Waals surface area contributed by atoms with Crippen molar-refractivity contribution < 1.29 is 9.53 Å². The second-order valence-corrected chi connectivity index (χ2v) is 6.51. The molecule has 0 atom stereocenters. The van der Waals surface area contributed by atoms with Crippen molar-refractivity contribution in [2.24, 2.45) is 5.92 Å². The van der Waals surface area contributed by atoms with Crippen molar-refractivity contribution >= 4 is 16.7 Å². The van der Waals surface area contributed by atoms with Gasteiger partial charge in [0.1, 0.15) is 5.75 Å². The quantitative estimate of drug-likeness (QED) is 0.856. The number of hydrogen-bond acceptors (Lipinski definition) is 2. The zero-order valence-corrected chi connectivity index (χ0v) is 13.8. The van der Waals surface area contributed by atoms with E-state index in [1.54, 1.807) is 7.11 Å². The molecule has 0 spiro atoms. The van der Waals surface area contributed by atoms with Crippen LogP contribution in [0, 0.1) is 5.92 Å². The summed E-state index contributed by atoms with van der Waals surface area (Å²) < 4.78 is 5.24. The Hall–Kier alpha value is -2.03. The van der Waals surface area contributed by atoms with Gasteiger partial charge in [0.15, 0.2) is 0 Å². The number of amides is 1. The minimum atomic E-state index is 0.173. The van der Waals surface area contributed by atoms with E-state index in [2.05, 4.69) is 29.6 Å². The van der Waals surface area contributed by atoms with E-state index in [1.165, 1.54) is 31.1 Å². The second kappa shape index (κ2) is 7.49. The lowest BCUT2D eigenvalue weighted by atomic mass is 10.0. The first-order chi connectivity index (χ1) is 11.2. The lowest BCUT2D eigenvalue weighted by Gasteiger charge is -2.10. The number of fused-ring (bicyclic) bond motifs is 1. The molecule has 0 unspecified atom stereocenters. The predicted molar refractivity (Wildman–Crippen MR) is 93.5 cm³/mol. The lowest BCUT2D eigenvalue weighted by Crippen LogP contribution is -2.23. The van der Waals surface area contributed by atoms with Crippen LogP contribution in [-0.4, -0.2) is 13.0 Å². The van der Waals surface area contributed by atoms with Crippen LogP contribution in [0.2, 0.25) is 0 Å². The summed E-state index contributed by atoms with van der Waals surface area (Å²) in [6, 6.07) is 12.3. The summed E-state index contributed by atoms with van der Waals surface area (Å²) in [7, 11) is 1.68. The van der Waals surface area contributed by atoms with E-state index in [-0.39, 0.29) is 5.91 Å². The fourth-order valence-corrected chi connectivity index (χ4v) is 3.43. The topological polar surface area (TPSA) is 38.3 Å². The van der Waals surface area contributed by atoms with E-state index in [4.69, 9.17) is 4.74 Å². The molecular weight excluding hydrogens is 286 g/mol. The van der Waals surface area contributed by atoms with Gasteiger partial charge in [-0.25, -0.2) is 0 Å². The van der Waals surface area contributed by atoms with Crippen LogP contribution in [-0.2, 0) is 11.3 Å². The average Bonchev–Trinajstić information content (AvgIpc) is 3.11. The van der Waals surface area contributed by atoms with Crippen molar-refractivity contribution in [3.8, 4) is 5.75 Å². The molecule has 2 aromatic rings. The Bertz CT molecular complexity index is 674. The third-order valence-corrected chi connectivity index (χ3v) is 4.86. The van der Waals surface area contributed by atoms with Crippen molar-refractivity contribution in [1.29, 1.82) is 0 Å². The maximum Gasteiger partial charge on any atom is 0.220 e. The Balaban J connectivity index is 1.53. The van der Waals surface area contributed by atoms with Gasteiger partial charge in [-0.1, -0.05) is 43.9 Å². The van der Waals surface area contributed by atoms with Gasteiger partial charge in [-0.15, -0.1) is 0 Å². The molecule has 1 saturated carbocycles. The first-order valence-electron chi connectivity index (χ1n) is 8.58. The predicted octanol–water partition coefficient (Wildman–Crippen LogP) is 4.44. The van der Waals surface area contributed by atoms with E-state index in [9.17, 15) is 4.79 Å².